The molecule has 94 valence electrons. The fraction of sp³-hybridized carbons (Fsp3) is 0.600. The molecule has 1 aromatic carbocycles. The van der Waals surface area contributed by atoms with Crippen LogP contribution in [-0.2, 0) is 0 Å². The summed E-state index contributed by atoms with van der Waals surface area (Å²) in [4.78, 5) is 0. The van der Waals surface area contributed by atoms with Crippen LogP contribution in [0.1, 0.15) is 50.5 Å². The molecular formula is C15H21BrO. The quantitative estimate of drug-likeness (QED) is 0.871. The summed E-state index contributed by atoms with van der Waals surface area (Å²) in [7, 11) is 0. The number of hydrogen-bond donors (Lipinski definition) is 1. The number of benzene rings is 1. The van der Waals surface area contributed by atoms with Crippen LogP contribution < -0.4 is 0 Å². The molecule has 0 radical (unpaired) electrons. The molecule has 0 bridgehead atoms. The smallest absolute Gasteiger partial charge is 0.0611 e. The lowest BCUT2D eigenvalue weighted by Crippen LogP contribution is -2.27. The normalized spacial score (nSPS) is 29.2. The van der Waals surface area contributed by atoms with Crippen LogP contribution in [0, 0.1) is 5.92 Å². The van der Waals surface area contributed by atoms with Crippen LogP contribution in [0.5, 0.6) is 0 Å². The second kappa shape index (κ2) is 6.01. The van der Waals surface area contributed by atoms with Crippen LogP contribution >= 0.6 is 15.9 Å². The first-order valence-electron chi connectivity index (χ1n) is 6.64. The summed E-state index contributed by atoms with van der Waals surface area (Å²) in [5, 5.41) is 10.3. The monoisotopic (exact) mass is 296 g/mol. The van der Waals surface area contributed by atoms with Crippen LogP contribution in [0.2, 0.25) is 0 Å². The molecular weight excluding hydrogens is 276 g/mol. The summed E-state index contributed by atoms with van der Waals surface area (Å²) >= 11 is 3.45. The number of aliphatic hydroxyl groups is 1. The Bertz CT molecular complexity index is 346. The van der Waals surface area contributed by atoms with Crippen molar-refractivity contribution in [1.29, 1.82) is 0 Å². The van der Waals surface area contributed by atoms with Gasteiger partial charge >= 0.3 is 0 Å². The lowest BCUT2D eigenvalue weighted by atomic mass is 9.75. The van der Waals surface area contributed by atoms with E-state index in [1.807, 2.05) is 0 Å². The zero-order chi connectivity index (χ0) is 12.3. The van der Waals surface area contributed by atoms with Crippen LogP contribution in [0.15, 0.2) is 28.7 Å². The molecule has 0 amide bonds. The van der Waals surface area contributed by atoms with Crippen molar-refractivity contribution in [1.82, 2.24) is 0 Å². The Labute approximate surface area is 112 Å². The van der Waals surface area contributed by atoms with Crippen molar-refractivity contribution in [3.05, 3.63) is 34.3 Å². The molecule has 0 saturated heterocycles. The third-order valence-electron chi connectivity index (χ3n) is 3.92. The minimum absolute atomic E-state index is 0.151. The first-order chi connectivity index (χ1) is 8.20. The zero-order valence-corrected chi connectivity index (χ0v) is 12.0. The summed E-state index contributed by atoms with van der Waals surface area (Å²) in [6.07, 6.45) is 5.74. The number of hydrogen-bond acceptors (Lipinski definition) is 1. The molecule has 17 heavy (non-hydrogen) atoms. The highest BCUT2D eigenvalue weighted by Crippen LogP contribution is 2.37. The zero-order valence-electron chi connectivity index (χ0n) is 10.4. The van der Waals surface area contributed by atoms with Crippen molar-refractivity contribution >= 4 is 15.9 Å². The van der Waals surface area contributed by atoms with Crippen molar-refractivity contribution in [2.24, 2.45) is 5.92 Å². The second-order valence-corrected chi connectivity index (χ2v) is 6.11. The summed E-state index contributed by atoms with van der Waals surface area (Å²) in [5.74, 6) is 1.08. The van der Waals surface area contributed by atoms with Crippen molar-refractivity contribution in [3.8, 4) is 0 Å². The van der Waals surface area contributed by atoms with Gasteiger partial charge in [0.25, 0.3) is 0 Å². The maximum atomic E-state index is 10.3. The summed E-state index contributed by atoms with van der Waals surface area (Å²) in [6.45, 7) is 2.23. The Morgan fingerprint density at radius 1 is 1.24 bits per heavy atom. The third-order valence-corrected chi connectivity index (χ3v) is 4.45. The maximum absolute atomic E-state index is 10.3. The Kier molecular flexibility index (Phi) is 4.63. The van der Waals surface area contributed by atoms with Crippen molar-refractivity contribution < 1.29 is 5.11 Å². The predicted molar refractivity (Wildman–Crippen MR) is 75.1 cm³/mol. The molecule has 2 rings (SSSR count). The number of rotatable bonds is 3. The topological polar surface area (TPSA) is 20.2 Å². The Morgan fingerprint density at radius 3 is 2.53 bits per heavy atom. The van der Waals surface area contributed by atoms with Gasteiger partial charge in [0.2, 0.25) is 0 Å². The molecule has 0 aromatic heterocycles. The molecule has 1 saturated carbocycles. The Balaban J connectivity index is 2.01. The first-order valence-corrected chi connectivity index (χ1v) is 7.43. The minimum Gasteiger partial charge on any atom is -0.392 e. The first kappa shape index (κ1) is 13.1. The maximum Gasteiger partial charge on any atom is 0.0611 e. The molecule has 1 aliphatic carbocycles. The van der Waals surface area contributed by atoms with Gasteiger partial charge in [-0.3, -0.25) is 0 Å². The molecule has 0 heterocycles. The largest absolute Gasteiger partial charge is 0.392 e. The van der Waals surface area contributed by atoms with E-state index >= 15 is 0 Å². The van der Waals surface area contributed by atoms with Gasteiger partial charge in [-0.05, 0) is 42.9 Å². The molecule has 0 unspecified atom stereocenters. The summed E-state index contributed by atoms with van der Waals surface area (Å²) in [5.41, 5.74) is 1.29. The molecule has 3 atom stereocenters. The van der Waals surface area contributed by atoms with Gasteiger partial charge in [-0.15, -0.1) is 0 Å². The lowest BCUT2D eigenvalue weighted by molar-refractivity contribution is 0.0758. The predicted octanol–water partition coefficient (Wildman–Crippen LogP) is 4.49. The highest BCUT2D eigenvalue weighted by Gasteiger charge is 2.29. The molecule has 1 N–H and O–H groups in total. The fourth-order valence-corrected chi connectivity index (χ4v) is 3.26. The van der Waals surface area contributed by atoms with Crippen LogP contribution in [-0.4, -0.2) is 11.2 Å². The van der Waals surface area contributed by atoms with Gasteiger partial charge in [-0.2, -0.15) is 0 Å². The van der Waals surface area contributed by atoms with E-state index in [9.17, 15) is 5.11 Å². The average Bonchev–Trinajstić information content (AvgIpc) is 2.31. The minimum atomic E-state index is -0.151. The van der Waals surface area contributed by atoms with E-state index in [1.165, 1.54) is 24.8 Å². The van der Waals surface area contributed by atoms with E-state index < -0.39 is 0 Å². The van der Waals surface area contributed by atoms with Crippen molar-refractivity contribution in [3.63, 3.8) is 0 Å². The van der Waals surface area contributed by atoms with Crippen LogP contribution in [0.25, 0.3) is 0 Å². The van der Waals surface area contributed by atoms with Gasteiger partial charge in [0, 0.05) is 10.4 Å². The van der Waals surface area contributed by atoms with E-state index in [0.29, 0.717) is 5.92 Å². The molecule has 1 aromatic rings. The molecule has 1 nitrogen and oxygen atoms in total. The van der Waals surface area contributed by atoms with E-state index in [1.54, 1.807) is 0 Å². The van der Waals surface area contributed by atoms with Gasteiger partial charge in [-0.1, -0.05) is 47.8 Å². The van der Waals surface area contributed by atoms with Gasteiger partial charge in [0.1, 0.15) is 0 Å². The van der Waals surface area contributed by atoms with Crippen molar-refractivity contribution in [2.45, 2.75) is 51.0 Å². The van der Waals surface area contributed by atoms with Gasteiger partial charge in [0.05, 0.1) is 6.10 Å². The van der Waals surface area contributed by atoms with Crippen molar-refractivity contribution in [2.75, 3.05) is 0 Å². The van der Waals surface area contributed by atoms with E-state index in [-0.39, 0.29) is 6.10 Å². The Morgan fingerprint density at radius 2 is 1.94 bits per heavy atom. The Hall–Kier alpha value is -0.340. The van der Waals surface area contributed by atoms with Crippen LogP contribution in [0.3, 0.4) is 0 Å². The molecule has 2 heteroatoms. The average molecular weight is 297 g/mol. The standard InChI is InChI=1S/C15H21BrO/c1-2-3-11-4-9-14(15(17)10-11)12-5-7-13(16)8-6-12/h5-8,11,14-15,17H,2-4,9-10H2,1H3/t11-,14+,15-/m0/s1. The van der Waals surface area contributed by atoms with Crippen LogP contribution in [0.4, 0.5) is 0 Å². The molecule has 1 fully saturated rings. The number of aliphatic hydroxyl groups excluding tert-OH is 1. The highest BCUT2D eigenvalue weighted by atomic mass is 79.9. The second-order valence-electron chi connectivity index (χ2n) is 5.19. The highest BCUT2D eigenvalue weighted by molar-refractivity contribution is 9.10. The SMILES string of the molecule is CCC[C@H]1CC[C@H](c2ccc(Br)cc2)[C@@H](O)C1. The summed E-state index contributed by atoms with van der Waals surface area (Å²) in [6, 6.07) is 8.41. The van der Waals surface area contributed by atoms with Gasteiger partial charge < -0.3 is 5.11 Å². The molecule has 0 aliphatic heterocycles. The molecule has 0 spiro atoms. The van der Waals surface area contributed by atoms with E-state index in [0.717, 1.165) is 23.2 Å². The van der Waals surface area contributed by atoms with E-state index in [2.05, 4.69) is 47.1 Å². The molecule has 1 aliphatic rings. The van der Waals surface area contributed by atoms with Gasteiger partial charge in [0.15, 0.2) is 0 Å². The third kappa shape index (κ3) is 3.32. The fourth-order valence-electron chi connectivity index (χ4n) is 3.00. The lowest BCUT2D eigenvalue weighted by Gasteiger charge is -2.33. The number of halogens is 1. The van der Waals surface area contributed by atoms with Gasteiger partial charge in [-0.25, -0.2) is 0 Å². The summed E-state index contributed by atoms with van der Waals surface area (Å²) < 4.78 is 1.11. The van der Waals surface area contributed by atoms with E-state index in [4.69, 9.17) is 0 Å².